The van der Waals surface area contributed by atoms with Crippen molar-refractivity contribution in [3.05, 3.63) is 113 Å². The molecule has 0 atom stereocenters. The number of nitrogens with zero attached hydrogens (tertiary/aromatic N) is 4. The van der Waals surface area contributed by atoms with Crippen LogP contribution in [0, 0.1) is 5.41 Å². The Morgan fingerprint density at radius 2 is 1.74 bits per heavy atom. The SMILES string of the molecule is O=C(Nc1ccc(C(=O)N2CCc3cc(-c4nc5cc(C(F)(F)F)ccc5[nH]4)sc3-c3ccccc32)cc1)c1cccnc1N1CC2(CCOCC2)C1. The van der Waals surface area contributed by atoms with Gasteiger partial charge >= 0.3 is 6.18 Å². The van der Waals surface area contributed by atoms with E-state index < -0.39 is 11.7 Å². The standard InChI is InChI=1S/C40H33F3N6O3S/c41-40(42,43)26-9-12-30-31(21-26)47-35(46-30)33-20-25-13-17-49(32-6-2-1-4-28(32)34(25)53-33)38(51)24-7-10-27(11-8-24)45-37(50)29-5-3-16-44-36(29)48-22-39(23-48)14-18-52-19-15-39/h1-12,16,20-21H,13-15,17-19,22-23H2,(H,45,50)(H,46,47). The van der Waals surface area contributed by atoms with Crippen molar-refractivity contribution >= 4 is 51.4 Å². The Morgan fingerprint density at radius 3 is 2.53 bits per heavy atom. The number of carbonyl (C=O) groups is 2. The van der Waals surface area contributed by atoms with E-state index in [1.54, 1.807) is 47.5 Å². The van der Waals surface area contributed by atoms with Crippen LogP contribution in [-0.2, 0) is 17.3 Å². The molecule has 2 amide bonds. The van der Waals surface area contributed by atoms with Gasteiger partial charge in [-0.05, 0) is 91.6 Å². The highest BCUT2D eigenvalue weighted by Crippen LogP contribution is 2.45. The van der Waals surface area contributed by atoms with Gasteiger partial charge in [0.25, 0.3) is 11.8 Å². The number of halogens is 3. The van der Waals surface area contributed by atoms with Crippen LogP contribution >= 0.6 is 11.3 Å². The maximum Gasteiger partial charge on any atom is 0.416 e. The molecule has 2 saturated heterocycles. The minimum Gasteiger partial charge on any atom is -0.381 e. The predicted octanol–water partition coefficient (Wildman–Crippen LogP) is 8.44. The number of thiophene rings is 1. The number of pyridine rings is 1. The topological polar surface area (TPSA) is 103 Å². The molecule has 13 heteroatoms. The fourth-order valence-corrected chi connectivity index (χ4v) is 8.82. The van der Waals surface area contributed by atoms with Crippen LogP contribution in [0.25, 0.3) is 32.2 Å². The first-order chi connectivity index (χ1) is 25.6. The molecule has 268 valence electrons. The van der Waals surface area contributed by atoms with Crippen molar-refractivity contribution in [3.63, 3.8) is 0 Å². The van der Waals surface area contributed by atoms with E-state index in [9.17, 15) is 22.8 Å². The first-order valence-electron chi connectivity index (χ1n) is 17.4. The summed E-state index contributed by atoms with van der Waals surface area (Å²) in [5, 5.41) is 2.98. The number of H-pyrrole nitrogens is 1. The van der Waals surface area contributed by atoms with E-state index >= 15 is 0 Å². The minimum absolute atomic E-state index is 0.169. The van der Waals surface area contributed by atoms with Gasteiger partial charge in [0, 0.05) is 66.2 Å². The summed E-state index contributed by atoms with van der Waals surface area (Å²) >= 11 is 1.49. The Labute approximate surface area is 306 Å². The van der Waals surface area contributed by atoms with E-state index in [0.29, 0.717) is 46.9 Å². The summed E-state index contributed by atoms with van der Waals surface area (Å²) in [5.74, 6) is 0.740. The molecule has 9 nitrogen and oxygen atoms in total. The minimum atomic E-state index is -4.45. The lowest BCUT2D eigenvalue weighted by Crippen LogP contribution is -2.59. The molecule has 3 aliphatic rings. The van der Waals surface area contributed by atoms with Crippen molar-refractivity contribution in [2.75, 3.05) is 48.0 Å². The fourth-order valence-electron chi connectivity index (χ4n) is 7.63. The van der Waals surface area contributed by atoms with Gasteiger partial charge in [-0.3, -0.25) is 9.59 Å². The molecule has 0 bridgehead atoms. The lowest BCUT2D eigenvalue weighted by Gasteiger charge is -2.53. The number of benzene rings is 3. The number of imidazole rings is 1. The van der Waals surface area contributed by atoms with Gasteiger partial charge in [0.15, 0.2) is 0 Å². The zero-order chi connectivity index (χ0) is 36.3. The van der Waals surface area contributed by atoms with Crippen LogP contribution in [0.5, 0.6) is 0 Å². The van der Waals surface area contributed by atoms with Gasteiger partial charge in [-0.2, -0.15) is 13.2 Å². The lowest BCUT2D eigenvalue weighted by atomic mass is 9.73. The highest BCUT2D eigenvalue weighted by molar-refractivity contribution is 7.19. The summed E-state index contributed by atoms with van der Waals surface area (Å²) < 4.78 is 45.5. The second-order valence-electron chi connectivity index (χ2n) is 13.9. The third-order valence-corrected chi connectivity index (χ3v) is 11.7. The van der Waals surface area contributed by atoms with Crippen LogP contribution in [0.3, 0.4) is 0 Å². The van der Waals surface area contributed by atoms with Crippen LogP contribution < -0.4 is 15.1 Å². The lowest BCUT2D eigenvalue weighted by molar-refractivity contribution is -0.137. The molecule has 0 radical (unpaired) electrons. The number of rotatable bonds is 5. The zero-order valence-corrected chi connectivity index (χ0v) is 29.2. The molecule has 2 N–H and O–H groups in total. The van der Waals surface area contributed by atoms with Gasteiger partial charge in [0.2, 0.25) is 0 Å². The van der Waals surface area contributed by atoms with Crippen molar-refractivity contribution in [1.82, 2.24) is 15.0 Å². The Morgan fingerprint density at radius 1 is 0.943 bits per heavy atom. The van der Waals surface area contributed by atoms with Crippen LogP contribution in [-0.4, -0.2) is 59.6 Å². The summed E-state index contributed by atoms with van der Waals surface area (Å²) in [7, 11) is 0. The van der Waals surface area contributed by atoms with Crippen molar-refractivity contribution in [2.45, 2.75) is 25.4 Å². The second kappa shape index (κ2) is 12.8. The molecule has 3 aliphatic heterocycles. The molecule has 0 aliphatic carbocycles. The first-order valence-corrected chi connectivity index (χ1v) is 18.3. The molecular formula is C40H33F3N6O3S. The molecule has 3 aromatic heterocycles. The molecule has 6 heterocycles. The monoisotopic (exact) mass is 734 g/mol. The largest absolute Gasteiger partial charge is 0.416 e. The Hall–Kier alpha value is -5.53. The van der Waals surface area contributed by atoms with Crippen molar-refractivity contribution in [1.29, 1.82) is 0 Å². The van der Waals surface area contributed by atoms with E-state index in [1.165, 1.54) is 17.4 Å². The van der Waals surface area contributed by atoms with Gasteiger partial charge in [-0.25, -0.2) is 9.97 Å². The number of alkyl halides is 3. The number of ether oxygens (including phenoxy) is 1. The third-order valence-electron chi connectivity index (χ3n) is 10.5. The second-order valence-corrected chi connectivity index (χ2v) is 14.9. The molecule has 1 spiro atoms. The van der Waals surface area contributed by atoms with Gasteiger partial charge in [0.1, 0.15) is 11.6 Å². The van der Waals surface area contributed by atoms with E-state index in [0.717, 1.165) is 77.8 Å². The van der Waals surface area contributed by atoms with Crippen LogP contribution in [0.4, 0.5) is 30.4 Å². The van der Waals surface area contributed by atoms with Crippen molar-refractivity contribution < 1.29 is 27.5 Å². The van der Waals surface area contributed by atoms with E-state index in [-0.39, 0.29) is 22.7 Å². The maximum absolute atomic E-state index is 14.0. The highest BCUT2D eigenvalue weighted by Gasteiger charge is 2.45. The fraction of sp³-hybridized carbons (Fsp3) is 0.250. The zero-order valence-electron chi connectivity index (χ0n) is 28.4. The number of fused-ring (bicyclic) bond motifs is 4. The molecule has 9 rings (SSSR count). The number of carbonyl (C=O) groups excluding carboxylic acids is 2. The molecule has 2 fully saturated rings. The van der Waals surface area contributed by atoms with Gasteiger partial charge in [0.05, 0.1) is 32.7 Å². The molecule has 53 heavy (non-hydrogen) atoms. The average molecular weight is 735 g/mol. The van der Waals surface area contributed by atoms with Crippen LogP contribution in [0.15, 0.2) is 91.1 Å². The Bertz CT molecular complexity index is 2370. The van der Waals surface area contributed by atoms with E-state index in [4.69, 9.17) is 4.74 Å². The predicted molar refractivity (Wildman–Crippen MR) is 199 cm³/mol. The third kappa shape index (κ3) is 6.13. The quantitative estimate of drug-likeness (QED) is 0.184. The number of hydrogen-bond acceptors (Lipinski definition) is 7. The number of aromatic amines is 1. The van der Waals surface area contributed by atoms with E-state index in [2.05, 4.69) is 25.2 Å². The summed E-state index contributed by atoms with van der Waals surface area (Å²) in [6, 6.07) is 23.7. The van der Waals surface area contributed by atoms with Gasteiger partial charge in [-0.15, -0.1) is 11.3 Å². The number of para-hydroxylation sites is 1. The molecule has 0 saturated carbocycles. The summed E-state index contributed by atoms with van der Waals surface area (Å²) in [6.07, 6.45) is -0.138. The Kier molecular flexibility index (Phi) is 8.08. The summed E-state index contributed by atoms with van der Waals surface area (Å²) in [5.41, 5.74) is 4.49. The van der Waals surface area contributed by atoms with Crippen LogP contribution in [0.2, 0.25) is 0 Å². The first kappa shape index (κ1) is 33.3. The number of nitrogens with one attached hydrogen (secondary N) is 2. The number of aromatic nitrogens is 3. The highest BCUT2D eigenvalue weighted by atomic mass is 32.1. The van der Waals surface area contributed by atoms with Crippen LogP contribution in [0.1, 0.15) is 44.7 Å². The molecule has 6 aromatic rings. The molecule has 3 aromatic carbocycles. The molecule has 0 unspecified atom stereocenters. The van der Waals surface area contributed by atoms with Gasteiger partial charge < -0.3 is 24.8 Å². The Balaban J connectivity index is 0.918. The van der Waals surface area contributed by atoms with E-state index in [1.807, 2.05) is 30.3 Å². The number of anilines is 3. The average Bonchev–Trinajstić information content (AvgIpc) is 3.75. The van der Waals surface area contributed by atoms with Crippen molar-refractivity contribution in [3.8, 4) is 21.1 Å². The number of amides is 2. The smallest absolute Gasteiger partial charge is 0.381 e. The molecular weight excluding hydrogens is 702 g/mol. The number of hydrogen-bond donors (Lipinski definition) is 2. The summed E-state index contributed by atoms with van der Waals surface area (Å²) in [6.45, 7) is 3.68. The summed E-state index contributed by atoms with van der Waals surface area (Å²) in [4.78, 5) is 45.4. The van der Waals surface area contributed by atoms with Gasteiger partial charge in [-0.1, -0.05) is 18.2 Å². The normalized spacial score (nSPS) is 16.5. The maximum atomic E-state index is 14.0. The van der Waals surface area contributed by atoms with Crippen molar-refractivity contribution in [2.24, 2.45) is 5.41 Å².